The second-order valence-corrected chi connectivity index (χ2v) is 10.4. The highest BCUT2D eigenvalue weighted by molar-refractivity contribution is 6.06. The number of nitrogens with zero attached hydrogens (tertiary/aromatic N) is 1. The fourth-order valence-corrected chi connectivity index (χ4v) is 7.22. The molecule has 2 N–H and O–H groups in total. The van der Waals surface area contributed by atoms with Crippen LogP contribution in [-0.4, -0.2) is 45.2 Å². The van der Waals surface area contributed by atoms with Crippen molar-refractivity contribution in [2.24, 2.45) is 0 Å². The molecule has 0 unspecified atom stereocenters. The van der Waals surface area contributed by atoms with Gasteiger partial charge in [0.25, 0.3) is 0 Å². The van der Waals surface area contributed by atoms with Crippen LogP contribution in [0.4, 0.5) is 0 Å². The third kappa shape index (κ3) is 2.74. The molecular weight excluding hydrogens is 438 g/mol. The Morgan fingerprint density at radius 3 is 2.54 bits per heavy atom. The molecule has 0 radical (unpaired) electrons. The number of aromatic hydroxyl groups is 1. The highest BCUT2D eigenvalue weighted by Gasteiger charge is 2.74. The maximum atomic E-state index is 13.9. The first kappa shape index (κ1) is 20.9. The molecule has 2 heterocycles. The molecule has 3 aromatic rings. The highest BCUT2D eigenvalue weighted by atomic mass is 16.5. The van der Waals surface area contributed by atoms with Crippen LogP contribution in [0.3, 0.4) is 0 Å². The molecule has 0 aromatic heterocycles. The van der Waals surface area contributed by atoms with Crippen LogP contribution in [0, 0.1) is 0 Å². The Morgan fingerprint density at radius 2 is 1.77 bits per heavy atom. The van der Waals surface area contributed by atoms with Gasteiger partial charge in [-0.3, -0.25) is 9.69 Å². The number of likely N-dealkylation sites (tertiary alicyclic amines) is 1. The molecule has 5 heteroatoms. The van der Waals surface area contributed by atoms with Gasteiger partial charge in [0.2, 0.25) is 0 Å². The Kier molecular flexibility index (Phi) is 4.36. The summed E-state index contributed by atoms with van der Waals surface area (Å²) >= 11 is 0. The Hall–Kier alpha value is -3.41. The van der Waals surface area contributed by atoms with Gasteiger partial charge in [0, 0.05) is 36.7 Å². The van der Waals surface area contributed by atoms with Crippen LogP contribution in [0.1, 0.15) is 35.1 Å². The van der Waals surface area contributed by atoms with Gasteiger partial charge < -0.3 is 14.9 Å². The molecular formula is C30H27NO4. The van der Waals surface area contributed by atoms with Crippen LogP contribution in [0.5, 0.6) is 11.5 Å². The Bertz CT molecular complexity index is 1370. The van der Waals surface area contributed by atoms with E-state index in [1.54, 1.807) is 6.07 Å². The van der Waals surface area contributed by atoms with E-state index < -0.39 is 17.1 Å². The van der Waals surface area contributed by atoms with Crippen molar-refractivity contribution in [2.75, 3.05) is 6.54 Å². The summed E-state index contributed by atoms with van der Waals surface area (Å²) in [5, 5.41) is 23.4. The summed E-state index contributed by atoms with van der Waals surface area (Å²) in [6, 6.07) is 23.5. The van der Waals surface area contributed by atoms with Crippen molar-refractivity contribution >= 4 is 11.9 Å². The maximum absolute atomic E-state index is 13.9. The largest absolute Gasteiger partial charge is 0.504 e. The number of ketones is 1. The summed E-state index contributed by atoms with van der Waals surface area (Å²) in [6.45, 7) is 1.49. The Balaban J connectivity index is 1.40. The minimum Gasteiger partial charge on any atom is -0.504 e. The van der Waals surface area contributed by atoms with E-state index in [0.717, 1.165) is 29.8 Å². The van der Waals surface area contributed by atoms with Crippen molar-refractivity contribution in [3.05, 3.63) is 101 Å². The van der Waals surface area contributed by atoms with Gasteiger partial charge in [-0.05, 0) is 41.7 Å². The lowest BCUT2D eigenvalue weighted by atomic mass is 9.48. The summed E-state index contributed by atoms with van der Waals surface area (Å²) < 4.78 is 6.29. The van der Waals surface area contributed by atoms with E-state index in [9.17, 15) is 15.0 Å². The smallest absolute Gasteiger partial charge is 0.200 e. The number of Topliss-reactive ketones (excluding diaryl/α,β-unsaturated/α-hetero) is 1. The number of piperidine rings is 1. The van der Waals surface area contributed by atoms with Crippen molar-refractivity contribution in [2.45, 2.75) is 49.0 Å². The number of ether oxygens (including phenoxy) is 1. The molecule has 2 fully saturated rings. The zero-order chi connectivity index (χ0) is 23.8. The molecule has 4 atom stereocenters. The number of phenols is 1. The zero-order valence-corrected chi connectivity index (χ0v) is 19.4. The molecule has 5 nitrogen and oxygen atoms in total. The topological polar surface area (TPSA) is 70.0 Å². The van der Waals surface area contributed by atoms with Crippen LogP contribution in [0.25, 0.3) is 6.08 Å². The van der Waals surface area contributed by atoms with Crippen LogP contribution < -0.4 is 4.74 Å². The second-order valence-electron chi connectivity index (χ2n) is 10.4. The lowest BCUT2D eigenvalue weighted by Gasteiger charge is -2.62. The number of benzene rings is 3. The standard InChI is InChI=1S/C30H27NO4/c32-23-12-11-21-16-24-30(34)17-22(15-19-7-3-1-4-8-19)26(33)28-29(30,25(21)27(23)35-28)13-14-31(24)18-20-9-5-2-6-10-20/h1-12,15,24,28,32,34H,13-14,16-18H2/b22-15+/t24-,28+,29+,30-/m1/s1. The summed E-state index contributed by atoms with van der Waals surface area (Å²) in [7, 11) is 0. The molecule has 2 aliphatic heterocycles. The van der Waals surface area contributed by atoms with Gasteiger partial charge in [-0.15, -0.1) is 0 Å². The number of carbonyl (C=O) groups is 1. The van der Waals surface area contributed by atoms with Crippen molar-refractivity contribution in [3.8, 4) is 11.5 Å². The van der Waals surface area contributed by atoms with Gasteiger partial charge in [-0.25, -0.2) is 0 Å². The monoisotopic (exact) mass is 465 g/mol. The molecule has 7 rings (SSSR count). The first-order valence-electron chi connectivity index (χ1n) is 12.3. The number of carbonyl (C=O) groups excluding carboxylic acids is 1. The third-order valence-electron chi connectivity index (χ3n) is 8.71. The average Bonchev–Trinajstić information content (AvgIpc) is 3.22. The summed E-state index contributed by atoms with van der Waals surface area (Å²) in [4.78, 5) is 16.3. The van der Waals surface area contributed by atoms with Crippen molar-refractivity contribution < 1.29 is 19.7 Å². The molecule has 3 aromatic carbocycles. The number of aliphatic hydroxyl groups is 1. The van der Waals surface area contributed by atoms with Crippen LogP contribution >= 0.6 is 0 Å². The highest BCUT2D eigenvalue weighted by Crippen LogP contribution is 2.65. The molecule has 2 aliphatic carbocycles. The molecule has 1 saturated heterocycles. The van der Waals surface area contributed by atoms with Crippen molar-refractivity contribution in [1.82, 2.24) is 4.90 Å². The van der Waals surface area contributed by atoms with E-state index in [4.69, 9.17) is 4.74 Å². The Labute approximate surface area is 204 Å². The molecule has 1 saturated carbocycles. The average molecular weight is 466 g/mol. The fraction of sp³-hybridized carbons (Fsp3) is 0.300. The zero-order valence-electron chi connectivity index (χ0n) is 19.4. The second kappa shape index (κ2) is 7.30. The molecule has 176 valence electrons. The van der Waals surface area contributed by atoms with E-state index in [0.29, 0.717) is 24.2 Å². The summed E-state index contributed by atoms with van der Waals surface area (Å²) in [5.41, 5.74) is 2.60. The lowest BCUT2D eigenvalue weighted by Crippen LogP contribution is -2.76. The number of phenolic OH excluding ortho intramolecular Hbond substituents is 1. The van der Waals surface area contributed by atoms with Gasteiger partial charge in [0.15, 0.2) is 23.4 Å². The van der Waals surface area contributed by atoms with Crippen LogP contribution in [0.15, 0.2) is 78.4 Å². The first-order chi connectivity index (χ1) is 17.0. The Morgan fingerprint density at radius 1 is 1.03 bits per heavy atom. The third-order valence-corrected chi connectivity index (χ3v) is 8.71. The van der Waals surface area contributed by atoms with Gasteiger partial charge in [0.1, 0.15) is 0 Å². The molecule has 2 bridgehead atoms. The first-order valence-corrected chi connectivity index (χ1v) is 12.3. The molecule has 0 amide bonds. The number of hydrogen-bond acceptors (Lipinski definition) is 5. The van der Waals surface area contributed by atoms with E-state index in [2.05, 4.69) is 17.0 Å². The SMILES string of the molecule is O=C1/C(=C/c2ccccc2)C[C@@]2(O)[C@H]3Cc4ccc(O)c5c4[C@@]2(CCN3Cc2ccccc2)[C@H]1O5. The van der Waals surface area contributed by atoms with E-state index in [-0.39, 0.29) is 24.0 Å². The predicted molar refractivity (Wildman–Crippen MR) is 132 cm³/mol. The van der Waals surface area contributed by atoms with Crippen molar-refractivity contribution in [1.29, 1.82) is 0 Å². The summed E-state index contributed by atoms with van der Waals surface area (Å²) in [6.07, 6.45) is 2.58. The van der Waals surface area contributed by atoms with Gasteiger partial charge in [0.05, 0.1) is 11.0 Å². The quantitative estimate of drug-likeness (QED) is 0.572. The van der Waals surface area contributed by atoms with E-state index >= 15 is 0 Å². The molecule has 4 aliphatic rings. The lowest BCUT2D eigenvalue weighted by molar-refractivity contribution is -0.180. The van der Waals surface area contributed by atoms with Crippen LogP contribution in [-0.2, 0) is 23.2 Å². The predicted octanol–water partition coefficient (Wildman–Crippen LogP) is 4.01. The summed E-state index contributed by atoms with van der Waals surface area (Å²) in [5.74, 6) is 0.342. The normalized spacial score (nSPS) is 31.8. The van der Waals surface area contributed by atoms with Crippen molar-refractivity contribution in [3.63, 3.8) is 0 Å². The van der Waals surface area contributed by atoms with Crippen LogP contribution in [0.2, 0.25) is 0 Å². The van der Waals surface area contributed by atoms with E-state index in [1.807, 2.05) is 60.7 Å². The maximum Gasteiger partial charge on any atom is 0.200 e. The molecule has 1 spiro atoms. The number of rotatable bonds is 3. The molecule has 35 heavy (non-hydrogen) atoms. The van der Waals surface area contributed by atoms with Gasteiger partial charge in [-0.2, -0.15) is 0 Å². The fourth-order valence-electron chi connectivity index (χ4n) is 7.22. The van der Waals surface area contributed by atoms with E-state index in [1.165, 1.54) is 5.56 Å². The van der Waals surface area contributed by atoms with Gasteiger partial charge in [-0.1, -0.05) is 66.7 Å². The van der Waals surface area contributed by atoms with Gasteiger partial charge >= 0.3 is 0 Å². The minimum absolute atomic E-state index is 0.0430. The number of hydrogen-bond donors (Lipinski definition) is 2. The minimum atomic E-state index is -1.19.